The van der Waals surface area contributed by atoms with Crippen LogP contribution in [0.25, 0.3) is 11.6 Å². The first-order valence-corrected chi connectivity index (χ1v) is 7.43. The van der Waals surface area contributed by atoms with E-state index in [4.69, 9.17) is 5.26 Å². The van der Waals surface area contributed by atoms with Crippen molar-refractivity contribution >= 4 is 33.3 Å². The summed E-state index contributed by atoms with van der Waals surface area (Å²) in [5.74, 6) is 0. The molecule has 2 aromatic carbocycles. The van der Waals surface area contributed by atoms with Crippen molar-refractivity contribution in [1.82, 2.24) is 0 Å². The van der Waals surface area contributed by atoms with Crippen LogP contribution in [0.3, 0.4) is 0 Å². The van der Waals surface area contributed by atoms with Gasteiger partial charge in [0, 0.05) is 18.6 Å². The quantitative estimate of drug-likeness (QED) is 0.606. The van der Waals surface area contributed by atoms with Crippen LogP contribution in [0.2, 0.25) is 0 Å². The molecule has 0 heterocycles. The highest BCUT2D eigenvalue weighted by Gasteiger charge is 2.05. The Labute approximate surface area is 138 Å². The van der Waals surface area contributed by atoms with Crippen LogP contribution >= 0.6 is 15.9 Å². The first kappa shape index (κ1) is 15.8. The van der Waals surface area contributed by atoms with Crippen LogP contribution in [0.15, 0.2) is 46.9 Å². The van der Waals surface area contributed by atoms with E-state index >= 15 is 0 Å². The van der Waals surface area contributed by atoms with Crippen LogP contribution in [0.1, 0.15) is 16.7 Å². The molecule has 3 nitrogen and oxygen atoms in total. The second kappa shape index (κ2) is 6.93. The summed E-state index contributed by atoms with van der Waals surface area (Å²) in [7, 11) is 3.96. The molecule has 0 N–H and O–H groups in total. The second-order valence-corrected chi connectivity index (χ2v) is 5.82. The van der Waals surface area contributed by atoms with E-state index < -0.39 is 0 Å². The lowest BCUT2D eigenvalue weighted by Gasteiger charge is -2.14. The number of nitrogens with zero attached hydrogens (tertiary/aromatic N) is 3. The summed E-state index contributed by atoms with van der Waals surface area (Å²) in [5.41, 5.74) is 3.97. The number of allylic oxidation sites excluding steroid dienone is 1. The Balaban J connectivity index is 2.39. The molecule has 0 aliphatic heterocycles. The van der Waals surface area contributed by atoms with Gasteiger partial charge < -0.3 is 4.90 Å². The zero-order chi connectivity index (χ0) is 16.1. The lowest BCUT2D eigenvalue weighted by molar-refractivity contribution is 1.12. The van der Waals surface area contributed by atoms with Gasteiger partial charge in [0.2, 0.25) is 0 Å². The SMILES string of the molecule is CN(C)c1ccc(C=C(C#N)c2ccc(C#N)cc2)cc1Br. The summed E-state index contributed by atoms with van der Waals surface area (Å²) < 4.78 is 0.975. The number of anilines is 1. The van der Waals surface area contributed by atoms with E-state index in [0.717, 1.165) is 21.3 Å². The van der Waals surface area contributed by atoms with Crippen LogP contribution in [0.5, 0.6) is 0 Å². The van der Waals surface area contributed by atoms with Crippen LogP contribution < -0.4 is 4.90 Å². The fourth-order valence-corrected chi connectivity index (χ4v) is 2.80. The summed E-state index contributed by atoms with van der Waals surface area (Å²) in [4.78, 5) is 2.02. The molecule has 0 unspecified atom stereocenters. The first-order valence-electron chi connectivity index (χ1n) is 6.64. The Hall–Kier alpha value is -2.56. The molecule has 0 aromatic heterocycles. The molecule has 0 spiro atoms. The van der Waals surface area contributed by atoms with Crippen LogP contribution in [-0.4, -0.2) is 14.1 Å². The molecule has 0 atom stereocenters. The van der Waals surface area contributed by atoms with Gasteiger partial charge in [-0.25, -0.2) is 0 Å². The van der Waals surface area contributed by atoms with Gasteiger partial charge in [0.15, 0.2) is 0 Å². The Morgan fingerprint density at radius 1 is 1.09 bits per heavy atom. The zero-order valence-electron chi connectivity index (χ0n) is 12.3. The Morgan fingerprint density at radius 2 is 1.77 bits per heavy atom. The summed E-state index contributed by atoms with van der Waals surface area (Å²) in [5, 5.41) is 18.2. The Bertz CT molecular complexity index is 791. The molecule has 0 aliphatic carbocycles. The molecule has 0 saturated carbocycles. The van der Waals surface area contributed by atoms with Crippen molar-refractivity contribution < 1.29 is 0 Å². The number of nitriles is 2. The lowest BCUT2D eigenvalue weighted by Crippen LogP contribution is -2.09. The third-order valence-electron chi connectivity index (χ3n) is 3.21. The lowest BCUT2D eigenvalue weighted by atomic mass is 10.0. The molecule has 0 aliphatic rings. The van der Waals surface area contributed by atoms with E-state index in [-0.39, 0.29) is 0 Å². The van der Waals surface area contributed by atoms with Gasteiger partial charge in [0.25, 0.3) is 0 Å². The van der Waals surface area contributed by atoms with Crippen LogP contribution in [-0.2, 0) is 0 Å². The molecule has 0 fully saturated rings. The van der Waals surface area contributed by atoms with E-state index in [0.29, 0.717) is 11.1 Å². The normalized spacial score (nSPS) is 10.7. The molecule has 108 valence electrons. The van der Waals surface area contributed by atoms with Gasteiger partial charge in [-0.1, -0.05) is 18.2 Å². The molecule has 4 heteroatoms. The van der Waals surface area contributed by atoms with Gasteiger partial charge in [-0.3, -0.25) is 0 Å². The van der Waals surface area contributed by atoms with Crippen molar-refractivity contribution in [3.05, 3.63) is 63.6 Å². The van der Waals surface area contributed by atoms with Crippen LogP contribution in [0, 0.1) is 22.7 Å². The average molecular weight is 352 g/mol. The van der Waals surface area contributed by atoms with Gasteiger partial charge in [-0.2, -0.15) is 10.5 Å². The summed E-state index contributed by atoms with van der Waals surface area (Å²) in [6, 6.07) is 17.2. The van der Waals surface area contributed by atoms with Gasteiger partial charge in [0.1, 0.15) is 0 Å². The van der Waals surface area contributed by atoms with Crippen molar-refractivity contribution in [2.75, 3.05) is 19.0 Å². The number of rotatable bonds is 3. The fourth-order valence-electron chi connectivity index (χ4n) is 2.05. The van der Waals surface area contributed by atoms with Crippen molar-refractivity contribution in [3.63, 3.8) is 0 Å². The minimum absolute atomic E-state index is 0.564. The number of hydrogen-bond acceptors (Lipinski definition) is 3. The number of halogens is 1. The van der Waals surface area contributed by atoms with E-state index in [1.54, 1.807) is 24.3 Å². The maximum absolute atomic E-state index is 9.38. The predicted molar refractivity (Wildman–Crippen MR) is 93.1 cm³/mol. The maximum atomic E-state index is 9.38. The van der Waals surface area contributed by atoms with Gasteiger partial charge in [-0.15, -0.1) is 0 Å². The highest BCUT2D eigenvalue weighted by atomic mass is 79.9. The fraction of sp³-hybridized carbons (Fsp3) is 0.111. The molecule has 0 saturated heterocycles. The maximum Gasteiger partial charge on any atom is 0.0998 e. The summed E-state index contributed by atoms with van der Waals surface area (Å²) in [6.45, 7) is 0. The average Bonchev–Trinajstić information content (AvgIpc) is 2.52. The number of hydrogen-bond donors (Lipinski definition) is 0. The molecule has 22 heavy (non-hydrogen) atoms. The molecule has 0 bridgehead atoms. The van der Waals surface area contributed by atoms with E-state index in [9.17, 15) is 5.26 Å². The van der Waals surface area contributed by atoms with Gasteiger partial charge >= 0.3 is 0 Å². The van der Waals surface area contributed by atoms with E-state index in [2.05, 4.69) is 28.1 Å². The highest BCUT2D eigenvalue weighted by Crippen LogP contribution is 2.27. The number of benzene rings is 2. The molecular weight excluding hydrogens is 338 g/mol. The van der Waals surface area contributed by atoms with Crippen LogP contribution in [0.4, 0.5) is 5.69 Å². The Morgan fingerprint density at radius 3 is 2.27 bits per heavy atom. The smallest absolute Gasteiger partial charge is 0.0998 e. The van der Waals surface area contributed by atoms with E-state index in [1.165, 1.54) is 0 Å². The molecule has 2 rings (SSSR count). The van der Waals surface area contributed by atoms with Crippen molar-refractivity contribution in [2.24, 2.45) is 0 Å². The largest absolute Gasteiger partial charge is 0.377 e. The molecular formula is C18H14BrN3. The standard InChI is InChI=1S/C18H14BrN3/c1-22(2)18-8-5-14(10-17(18)19)9-16(12-21)15-6-3-13(11-20)4-7-15/h3-10H,1-2H3. The first-order chi connectivity index (χ1) is 10.5. The monoisotopic (exact) mass is 351 g/mol. The zero-order valence-corrected chi connectivity index (χ0v) is 13.9. The minimum Gasteiger partial charge on any atom is -0.377 e. The van der Waals surface area contributed by atoms with Crippen molar-refractivity contribution in [3.8, 4) is 12.1 Å². The highest BCUT2D eigenvalue weighted by molar-refractivity contribution is 9.10. The predicted octanol–water partition coefficient (Wildman–Crippen LogP) is 4.45. The van der Waals surface area contributed by atoms with Gasteiger partial charge in [-0.05, 0) is 57.4 Å². The second-order valence-electron chi connectivity index (χ2n) is 4.96. The summed E-state index contributed by atoms with van der Waals surface area (Å²) >= 11 is 3.54. The topological polar surface area (TPSA) is 50.8 Å². The summed E-state index contributed by atoms with van der Waals surface area (Å²) in [6.07, 6.45) is 1.84. The minimum atomic E-state index is 0.564. The third-order valence-corrected chi connectivity index (χ3v) is 3.85. The van der Waals surface area contributed by atoms with E-state index in [1.807, 2.05) is 43.3 Å². The Kier molecular flexibility index (Phi) is 4.99. The molecule has 2 aromatic rings. The van der Waals surface area contributed by atoms with Crippen molar-refractivity contribution in [1.29, 1.82) is 10.5 Å². The van der Waals surface area contributed by atoms with Crippen molar-refractivity contribution in [2.45, 2.75) is 0 Å². The van der Waals surface area contributed by atoms with Gasteiger partial charge in [0.05, 0.1) is 29.0 Å². The third kappa shape index (κ3) is 3.55. The molecule has 0 amide bonds. The molecule has 0 radical (unpaired) electrons.